The standard InChI is InChI=1S/C74H62N6O3.Pt/c1-41(2)55-35-50(47-22-13-11-14-23-47)36-56(42(3)4)67(55)79-63-30-19-17-28-61(63)77-72(79)49-26-21-27-52(34-49)81-53-39-59-66-71(70-65(46(10)76-66)54-33-32-45(9)75-74(54)83-70)82-69(59)60(40-53)73-78-62-29-18-20-31-64(62)80(73)68-57(43(5)6)37-51(38-58(68)44(7)8)48-24-15-12-16-25-48;/h11-33,35-39,41-44H,1-10H3;/q-2;+2. The van der Waals surface area contributed by atoms with Crippen LogP contribution in [-0.2, 0) is 21.1 Å². The smallest absolute Gasteiger partial charge is 0.497 e. The number of benzene rings is 8. The molecule has 14 aromatic rings. The van der Waals surface area contributed by atoms with Crippen LogP contribution in [0.3, 0.4) is 0 Å². The molecule has 8 aromatic carbocycles. The quantitative estimate of drug-likeness (QED) is 0.112. The summed E-state index contributed by atoms with van der Waals surface area (Å²) in [4.78, 5) is 21.1. The van der Waals surface area contributed by atoms with E-state index in [2.05, 4.69) is 216 Å². The number of aromatic nitrogens is 6. The van der Waals surface area contributed by atoms with E-state index in [1.54, 1.807) is 0 Å². The van der Waals surface area contributed by atoms with Crippen LogP contribution in [0, 0.1) is 26.0 Å². The molecule has 0 unspecified atom stereocenters. The van der Waals surface area contributed by atoms with Crippen LogP contribution in [0.2, 0.25) is 0 Å². The third kappa shape index (κ3) is 9.12. The molecule has 0 bridgehead atoms. The Labute approximate surface area is 503 Å². The van der Waals surface area contributed by atoms with Crippen molar-refractivity contribution in [2.75, 3.05) is 0 Å². The average molecular weight is 1280 g/mol. The van der Waals surface area contributed by atoms with Gasteiger partial charge in [0.25, 0.3) is 0 Å². The molecule has 0 aliphatic heterocycles. The second kappa shape index (κ2) is 21.4. The fourth-order valence-electron chi connectivity index (χ4n) is 12.2. The van der Waals surface area contributed by atoms with Gasteiger partial charge in [-0.2, -0.15) is 0 Å². The first-order valence-corrected chi connectivity index (χ1v) is 28.9. The van der Waals surface area contributed by atoms with Crippen LogP contribution in [0.1, 0.15) is 113 Å². The average Bonchev–Trinajstić information content (AvgIpc) is 1.90. The van der Waals surface area contributed by atoms with Crippen molar-refractivity contribution in [3.63, 3.8) is 0 Å². The minimum atomic E-state index is 0. The van der Waals surface area contributed by atoms with Crippen molar-refractivity contribution in [2.24, 2.45) is 0 Å². The summed E-state index contributed by atoms with van der Waals surface area (Å²) in [5.41, 5.74) is 21.4. The predicted molar refractivity (Wildman–Crippen MR) is 338 cm³/mol. The van der Waals surface area contributed by atoms with Gasteiger partial charge in [-0.25, -0.2) is 9.97 Å². The van der Waals surface area contributed by atoms with Gasteiger partial charge < -0.3 is 22.7 Å². The number of para-hydroxylation sites is 4. The molecule has 0 aliphatic carbocycles. The molecule has 9 nitrogen and oxygen atoms in total. The molecule has 0 N–H and O–H groups in total. The van der Waals surface area contributed by atoms with E-state index in [4.69, 9.17) is 33.5 Å². The Morgan fingerprint density at radius 1 is 0.440 bits per heavy atom. The molecule has 0 fully saturated rings. The first-order chi connectivity index (χ1) is 40.3. The topological polar surface area (TPSA) is 96.9 Å². The number of pyridine rings is 2. The van der Waals surface area contributed by atoms with E-state index in [0.29, 0.717) is 50.9 Å². The predicted octanol–water partition coefficient (Wildman–Crippen LogP) is 20.1. The summed E-state index contributed by atoms with van der Waals surface area (Å²) >= 11 is 0. The minimum Gasteiger partial charge on any atom is -0.497 e. The number of hydrogen-bond acceptors (Lipinski definition) is 7. The molecule has 416 valence electrons. The molecule has 0 amide bonds. The Hall–Kier alpha value is -8.91. The molecule has 0 saturated heterocycles. The zero-order valence-electron chi connectivity index (χ0n) is 48.7. The molecule has 0 radical (unpaired) electrons. The van der Waals surface area contributed by atoms with Crippen molar-refractivity contribution in [2.45, 2.75) is 92.9 Å². The van der Waals surface area contributed by atoms with Crippen LogP contribution in [0.25, 0.3) is 123 Å². The number of furan rings is 2. The summed E-state index contributed by atoms with van der Waals surface area (Å²) in [7, 11) is 0. The second-order valence-corrected chi connectivity index (χ2v) is 23.2. The number of aryl methyl sites for hydroxylation is 2. The van der Waals surface area contributed by atoms with Crippen LogP contribution in [0.15, 0.2) is 179 Å². The van der Waals surface area contributed by atoms with Gasteiger partial charge in [0.15, 0.2) is 11.2 Å². The van der Waals surface area contributed by atoms with Gasteiger partial charge in [0, 0.05) is 34.3 Å². The van der Waals surface area contributed by atoms with E-state index in [9.17, 15) is 0 Å². The summed E-state index contributed by atoms with van der Waals surface area (Å²) in [5.74, 6) is 3.04. The molecular formula is C74H62N6O3Pt. The van der Waals surface area contributed by atoms with Gasteiger partial charge >= 0.3 is 21.1 Å². The molecule has 0 spiro atoms. The van der Waals surface area contributed by atoms with Crippen molar-refractivity contribution in [1.82, 2.24) is 29.1 Å². The second-order valence-electron chi connectivity index (χ2n) is 23.2. The maximum Gasteiger partial charge on any atom is 2.00 e. The number of nitrogens with zero attached hydrogens (tertiary/aromatic N) is 6. The van der Waals surface area contributed by atoms with E-state index >= 15 is 0 Å². The number of rotatable bonds is 12. The van der Waals surface area contributed by atoms with E-state index in [0.717, 1.165) is 72.4 Å². The Bertz CT molecular complexity index is 4810. The first kappa shape index (κ1) is 54.3. The third-order valence-electron chi connectivity index (χ3n) is 16.3. The first-order valence-electron chi connectivity index (χ1n) is 28.9. The van der Waals surface area contributed by atoms with E-state index < -0.39 is 0 Å². The van der Waals surface area contributed by atoms with Gasteiger partial charge in [-0.15, -0.1) is 23.8 Å². The van der Waals surface area contributed by atoms with Crippen molar-refractivity contribution in [1.29, 1.82) is 0 Å². The summed E-state index contributed by atoms with van der Waals surface area (Å²) in [5, 5.41) is 2.47. The largest absolute Gasteiger partial charge is 2.00 e. The van der Waals surface area contributed by atoms with Crippen molar-refractivity contribution in [3.8, 4) is 67.9 Å². The maximum absolute atomic E-state index is 7.19. The summed E-state index contributed by atoms with van der Waals surface area (Å²) in [6, 6.07) is 67.0. The molecule has 6 heterocycles. The third-order valence-corrected chi connectivity index (χ3v) is 16.3. The Balaban J connectivity index is 0.00000658. The monoisotopic (exact) mass is 1280 g/mol. The maximum atomic E-state index is 7.19. The number of ether oxygens (including phenoxy) is 1. The molecule has 6 aromatic heterocycles. The van der Waals surface area contributed by atoms with E-state index in [1.807, 2.05) is 44.2 Å². The van der Waals surface area contributed by atoms with E-state index in [-0.39, 0.29) is 44.7 Å². The van der Waals surface area contributed by atoms with Gasteiger partial charge in [0.2, 0.25) is 5.71 Å². The van der Waals surface area contributed by atoms with Crippen molar-refractivity contribution in [3.05, 3.63) is 216 Å². The SMILES string of the molecule is Cc1ccc2c(n1)oc1c3oc4c(-c5nc6ccccc6n5-c5c(C(C)C)cc(-c6ccccc6)cc5C(C)C)[c-]c(Oc5[c-]c(-c6nc7ccccc7n6-c6c(C(C)C)cc(-c7ccccc7)cc6C(C)C)ccc5)cc4c3nc(C)c21.[Pt+2]. The normalized spacial score (nSPS) is 12.0. The molecular weight excluding hydrogens is 1220 g/mol. The Kier molecular flexibility index (Phi) is 13.8. The molecule has 0 saturated carbocycles. The molecule has 10 heteroatoms. The number of imidazole rings is 2. The zero-order valence-corrected chi connectivity index (χ0v) is 51.0. The number of fused-ring (bicyclic) bond motifs is 9. The molecule has 14 rings (SSSR count). The van der Waals surface area contributed by atoms with Crippen LogP contribution in [0.4, 0.5) is 0 Å². The zero-order chi connectivity index (χ0) is 56.9. The fraction of sp³-hybridized carbons (Fsp3) is 0.189. The molecule has 0 aliphatic rings. The van der Waals surface area contributed by atoms with Gasteiger partial charge in [-0.05, 0) is 148 Å². The molecule has 84 heavy (non-hydrogen) atoms. The summed E-state index contributed by atoms with van der Waals surface area (Å²) < 4.78 is 25.7. The van der Waals surface area contributed by atoms with Crippen LogP contribution < -0.4 is 4.74 Å². The van der Waals surface area contributed by atoms with Gasteiger partial charge in [-0.1, -0.05) is 164 Å². The van der Waals surface area contributed by atoms with Crippen molar-refractivity contribution >= 4 is 66.2 Å². The van der Waals surface area contributed by atoms with Gasteiger partial charge in [0.05, 0.1) is 50.1 Å². The van der Waals surface area contributed by atoms with Crippen LogP contribution in [-0.4, -0.2) is 29.1 Å². The van der Waals surface area contributed by atoms with Crippen LogP contribution in [0.5, 0.6) is 11.5 Å². The number of hydrogen-bond donors (Lipinski definition) is 0. The summed E-state index contributed by atoms with van der Waals surface area (Å²) in [6.07, 6.45) is 0. The Morgan fingerprint density at radius 3 is 1.52 bits per heavy atom. The minimum absolute atomic E-state index is 0. The van der Waals surface area contributed by atoms with Gasteiger partial charge in [0.1, 0.15) is 5.52 Å². The molecule has 0 atom stereocenters. The van der Waals surface area contributed by atoms with Gasteiger partial charge in [-0.3, -0.25) is 9.97 Å². The summed E-state index contributed by atoms with van der Waals surface area (Å²) in [6.45, 7) is 22.2. The Morgan fingerprint density at radius 2 is 0.964 bits per heavy atom. The van der Waals surface area contributed by atoms with E-state index in [1.165, 1.54) is 44.5 Å². The fourth-order valence-corrected chi connectivity index (χ4v) is 12.2. The van der Waals surface area contributed by atoms with Crippen molar-refractivity contribution < 1.29 is 34.6 Å². The van der Waals surface area contributed by atoms with Crippen LogP contribution >= 0.6 is 0 Å².